The molecule has 3 saturated carbocycles. The fourth-order valence-corrected chi connectivity index (χ4v) is 6.47. The molecule has 2 nitrogen and oxygen atoms in total. The molecule has 0 saturated heterocycles. The molecule has 7 unspecified atom stereocenters. The van der Waals surface area contributed by atoms with Crippen molar-refractivity contribution in [2.75, 3.05) is 0 Å². The van der Waals surface area contributed by atoms with Crippen LogP contribution in [0.5, 0.6) is 0 Å². The third-order valence-electron chi connectivity index (χ3n) is 7.16. The highest BCUT2D eigenvalue weighted by Crippen LogP contribution is 2.76. The van der Waals surface area contributed by atoms with E-state index in [1.807, 2.05) is 0 Å². The van der Waals surface area contributed by atoms with E-state index in [-0.39, 0.29) is 16.7 Å². The molecule has 2 heteroatoms. The molecule has 0 aliphatic heterocycles. The Labute approximate surface area is 115 Å². The van der Waals surface area contributed by atoms with Crippen LogP contribution in [0.2, 0.25) is 0 Å². The van der Waals surface area contributed by atoms with Gasteiger partial charge in [0.1, 0.15) is 0 Å². The zero-order valence-corrected chi connectivity index (χ0v) is 12.1. The Kier molecular flexibility index (Phi) is 2.06. The minimum absolute atomic E-state index is 0.0757. The Morgan fingerprint density at radius 3 is 2.53 bits per heavy atom. The second kappa shape index (κ2) is 3.27. The lowest BCUT2D eigenvalue weighted by molar-refractivity contribution is -0.146. The number of aliphatic carboxylic acids is 1. The first-order valence-electron chi connectivity index (χ1n) is 7.76. The predicted octanol–water partition coefficient (Wildman–Crippen LogP) is 3.58. The van der Waals surface area contributed by atoms with Crippen molar-refractivity contribution in [3.05, 3.63) is 12.2 Å². The van der Waals surface area contributed by atoms with Crippen molar-refractivity contribution in [1.29, 1.82) is 0 Å². The van der Waals surface area contributed by atoms with Gasteiger partial charge in [0.05, 0.1) is 5.92 Å². The second-order valence-corrected chi connectivity index (χ2v) is 8.47. The first kappa shape index (κ1) is 12.0. The number of fused-ring (bicyclic) bond motifs is 9. The molecule has 0 spiro atoms. The van der Waals surface area contributed by atoms with Gasteiger partial charge in [0.25, 0.3) is 0 Å². The van der Waals surface area contributed by atoms with Gasteiger partial charge in [-0.05, 0) is 59.7 Å². The van der Waals surface area contributed by atoms with Gasteiger partial charge in [-0.25, -0.2) is 0 Å². The van der Waals surface area contributed by atoms with E-state index >= 15 is 0 Å². The topological polar surface area (TPSA) is 37.3 Å². The molecule has 4 aliphatic carbocycles. The zero-order valence-electron chi connectivity index (χ0n) is 12.1. The van der Waals surface area contributed by atoms with Crippen molar-refractivity contribution < 1.29 is 9.90 Å². The quantitative estimate of drug-likeness (QED) is 0.578. The summed E-state index contributed by atoms with van der Waals surface area (Å²) in [6.07, 6.45) is 8.22. The normalized spacial score (nSPS) is 53.8. The van der Waals surface area contributed by atoms with Crippen LogP contribution in [0.3, 0.4) is 0 Å². The second-order valence-electron chi connectivity index (χ2n) is 8.47. The maximum atomic E-state index is 11.6. The maximum absolute atomic E-state index is 11.6. The van der Waals surface area contributed by atoms with Crippen LogP contribution in [0.1, 0.15) is 40.0 Å². The summed E-state index contributed by atoms with van der Waals surface area (Å²) in [7, 11) is 0. The fraction of sp³-hybridized carbons (Fsp3) is 0.824. The van der Waals surface area contributed by atoms with E-state index in [2.05, 4.69) is 32.9 Å². The van der Waals surface area contributed by atoms with Crippen LogP contribution >= 0.6 is 0 Å². The minimum Gasteiger partial charge on any atom is -0.481 e. The van der Waals surface area contributed by atoms with Crippen molar-refractivity contribution in [3.63, 3.8) is 0 Å². The number of hydrogen-bond donors (Lipinski definition) is 1. The molecule has 19 heavy (non-hydrogen) atoms. The lowest BCUT2D eigenvalue weighted by atomic mass is 9.54. The predicted molar refractivity (Wildman–Crippen MR) is 73.5 cm³/mol. The van der Waals surface area contributed by atoms with Gasteiger partial charge >= 0.3 is 5.97 Å². The SMILES string of the molecule is CC(C)(C)C12CC(C(=O)O)C(C1)C1C3C=CC(C3)C12. The molecule has 4 rings (SSSR count). The number of carbonyl (C=O) groups is 1. The number of carboxylic acids is 1. The highest BCUT2D eigenvalue weighted by atomic mass is 16.4. The van der Waals surface area contributed by atoms with Gasteiger partial charge in [0.15, 0.2) is 0 Å². The molecule has 0 aromatic rings. The molecule has 4 bridgehead atoms. The van der Waals surface area contributed by atoms with Crippen LogP contribution in [-0.4, -0.2) is 11.1 Å². The maximum Gasteiger partial charge on any atom is 0.306 e. The summed E-state index contributed by atoms with van der Waals surface area (Å²) in [6, 6.07) is 0. The molecule has 104 valence electrons. The Morgan fingerprint density at radius 1 is 1.21 bits per heavy atom. The molecule has 0 aromatic carbocycles. The summed E-state index contributed by atoms with van der Waals surface area (Å²) in [6.45, 7) is 7.02. The molecule has 0 aromatic heterocycles. The van der Waals surface area contributed by atoms with Crippen LogP contribution in [0.25, 0.3) is 0 Å². The number of rotatable bonds is 1. The van der Waals surface area contributed by atoms with Crippen LogP contribution in [0.15, 0.2) is 12.2 Å². The summed E-state index contributed by atoms with van der Waals surface area (Å²) in [5.74, 6) is 2.70. The Balaban J connectivity index is 1.82. The summed E-state index contributed by atoms with van der Waals surface area (Å²) >= 11 is 0. The first-order valence-corrected chi connectivity index (χ1v) is 7.76. The highest BCUT2D eigenvalue weighted by molar-refractivity contribution is 5.71. The first-order chi connectivity index (χ1) is 8.85. The number of allylic oxidation sites excluding steroid dienone is 2. The van der Waals surface area contributed by atoms with E-state index in [1.54, 1.807) is 0 Å². The summed E-state index contributed by atoms with van der Waals surface area (Å²) in [5, 5.41) is 9.59. The minimum atomic E-state index is -0.540. The lowest BCUT2D eigenvalue weighted by Gasteiger charge is -2.50. The summed E-state index contributed by atoms with van der Waals surface area (Å²) < 4.78 is 0. The molecular weight excluding hydrogens is 236 g/mol. The van der Waals surface area contributed by atoms with Gasteiger partial charge < -0.3 is 5.11 Å². The van der Waals surface area contributed by atoms with Gasteiger partial charge in [0, 0.05) is 0 Å². The van der Waals surface area contributed by atoms with Gasteiger partial charge in [-0.15, -0.1) is 0 Å². The van der Waals surface area contributed by atoms with Crippen molar-refractivity contribution in [3.8, 4) is 0 Å². The van der Waals surface area contributed by atoms with Gasteiger partial charge in [-0.3, -0.25) is 4.79 Å². The Morgan fingerprint density at radius 2 is 1.89 bits per heavy atom. The average Bonchev–Trinajstić information content (AvgIpc) is 3.04. The monoisotopic (exact) mass is 260 g/mol. The summed E-state index contributed by atoms with van der Waals surface area (Å²) in [5.41, 5.74) is 0.503. The van der Waals surface area contributed by atoms with E-state index in [1.165, 1.54) is 6.42 Å². The van der Waals surface area contributed by atoms with Crippen LogP contribution in [0, 0.1) is 46.3 Å². The largest absolute Gasteiger partial charge is 0.481 e. The smallest absolute Gasteiger partial charge is 0.306 e. The van der Waals surface area contributed by atoms with E-state index in [9.17, 15) is 9.90 Å². The average molecular weight is 260 g/mol. The third-order valence-corrected chi connectivity index (χ3v) is 7.16. The standard InChI is InChI=1S/C17H24O2/c1-16(2,3)17-7-11(12(8-17)15(18)19)13-9-4-5-10(6-9)14(13)17/h4-5,9-14H,6-8H2,1-3H3,(H,18,19). The Hall–Kier alpha value is -0.790. The lowest BCUT2D eigenvalue weighted by Crippen LogP contribution is -2.45. The summed E-state index contributed by atoms with van der Waals surface area (Å²) in [4.78, 5) is 11.6. The fourth-order valence-electron chi connectivity index (χ4n) is 6.47. The van der Waals surface area contributed by atoms with E-state index in [0.29, 0.717) is 17.8 Å². The molecule has 1 N–H and O–H groups in total. The molecule has 0 radical (unpaired) electrons. The van der Waals surface area contributed by atoms with E-state index < -0.39 is 5.97 Å². The zero-order chi connectivity index (χ0) is 13.6. The van der Waals surface area contributed by atoms with Crippen LogP contribution < -0.4 is 0 Å². The Bertz CT molecular complexity index is 472. The van der Waals surface area contributed by atoms with Crippen LogP contribution in [-0.2, 0) is 4.79 Å². The van der Waals surface area contributed by atoms with Crippen molar-refractivity contribution in [2.45, 2.75) is 40.0 Å². The van der Waals surface area contributed by atoms with Gasteiger partial charge in [-0.1, -0.05) is 32.9 Å². The number of carboxylic acid groups (broad SMARTS) is 1. The van der Waals surface area contributed by atoms with E-state index in [0.717, 1.165) is 24.7 Å². The molecule has 0 amide bonds. The molecule has 7 atom stereocenters. The van der Waals surface area contributed by atoms with E-state index in [4.69, 9.17) is 0 Å². The van der Waals surface area contributed by atoms with Crippen molar-refractivity contribution in [1.82, 2.24) is 0 Å². The highest BCUT2D eigenvalue weighted by Gasteiger charge is 2.71. The molecule has 0 heterocycles. The third kappa shape index (κ3) is 1.22. The number of hydrogen-bond acceptors (Lipinski definition) is 1. The molecule has 3 fully saturated rings. The van der Waals surface area contributed by atoms with Gasteiger partial charge in [-0.2, -0.15) is 0 Å². The van der Waals surface area contributed by atoms with Crippen molar-refractivity contribution >= 4 is 5.97 Å². The molecular formula is C17H24O2. The van der Waals surface area contributed by atoms with Gasteiger partial charge in [0.2, 0.25) is 0 Å². The molecule has 4 aliphatic rings. The van der Waals surface area contributed by atoms with Crippen molar-refractivity contribution in [2.24, 2.45) is 46.3 Å². The van der Waals surface area contributed by atoms with Crippen LogP contribution in [0.4, 0.5) is 0 Å².